The molecule has 0 amide bonds. The largest absolute Gasteiger partial charge is 0.309 e. The van der Waals surface area contributed by atoms with E-state index < -0.39 is 0 Å². The average Bonchev–Trinajstić information content (AvgIpc) is 1.60. The summed E-state index contributed by atoms with van der Waals surface area (Å²) >= 11 is 0. The minimum Gasteiger partial charge on any atom is -0.309 e. The van der Waals surface area contributed by atoms with Gasteiger partial charge in [-0.2, -0.15) is 0 Å². The van der Waals surface area contributed by atoms with Crippen molar-refractivity contribution < 1.29 is 0 Å². The summed E-state index contributed by atoms with van der Waals surface area (Å²) in [7, 11) is 0. The van der Waals surface area contributed by atoms with Gasteiger partial charge in [0.1, 0.15) is 0 Å². The Bertz CT molecular complexity index is 8150. The summed E-state index contributed by atoms with van der Waals surface area (Å²) in [6, 6.07) is 177. The van der Waals surface area contributed by atoms with Crippen LogP contribution < -0.4 is 0 Å². The van der Waals surface area contributed by atoms with Crippen LogP contribution >= 0.6 is 0 Å². The molecule has 0 unspecified atom stereocenters. The lowest BCUT2D eigenvalue weighted by Crippen LogP contribution is -1.94. The molecule has 124 heavy (non-hydrogen) atoms. The van der Waals surface area contributed by atoms with Crippen molar-refractivity contribution in [3.8, 4) is 134 Å². The Morgan fingerprint density at radius 2 is 0.274 bits per heavy atom. The summed E-state index contributed by atoms with van der Waals surface area (Å²) in [5.41, 5.74) is 38.0. The third kappa shape index (κ3) is 13.2. The minimum atomic E-state index is 1.15. The van der Waals surface area contributed by atoms with Crippen molar-refractivity contribution in [2.75, 3.05) is 0 Å². The smallest absolute Gasteiger partial charge is 0.0547 e. The highest BCUT2D eigenvalue weighted by molar-refractivity contribution is 6.15. The Labute approximate surface area is 719 Å². The van der Waals surface area contributed by atoms with E-state index >= 15 is 0 Å². The Morgan fingerprint density at radius 3 is 0.637 bits per heavy atom. The van der Waals surface area contributed by atoms with Gasteiger partial charge in [0.15, 0.2) is 0 Å². The van der Waals surface area contributed by atoms with Crippen LogP contribution in [0.5, 0.6) is 0 Å². The molecule has 24 rings (SSSR count). The van der Waals surface area contributed by atoms with Crippen molar-refractivity contribution >= 4 is 87.2 Å². The molecule has 4 heterocycles. The van der Waals surface area contributed by atoms with Crippen LogP contribution in [0.15, 0.2) is 485 Å². The lowest BCUT2D eigenvalue weighted by atomic mass is 9.91. The third-order valence-electron chi connectivity index (χ3n) is 25.0. The summed E-state index contributed by atoms with van der Waals surface area (Å²) in [5, 5.41) is 9.94. The van der Waals surface area contributed by atoms with E-state index in [1.165, 1.54) is 198 Å². The summed E-state index contributed by atoms with van der Waals surface area (Å²) < 4.78 is 9.61. The predicted octanol–water partition coefficient (Wildman–Crippen LogP) is 32.4. The minimum absolute atomic E-state index is 1.15. The molecule has 0 atom stereocenters. The summed E-state index contributed by atoms with van der Waals surface area (Å²) in [5.74, 6) is 0. The van der Waals surface area contributed by atoms with E-state index in [4.69, 9.17) is 0 Å². The van der Waals surface area contributed by atoms with E-state index in [1.54, 1.807) is 0 Å². The fraction of sp³-hybridized carbons (Fsp3) is 0. The van der Waals surface area contributed by atoms with Gasteiger partial charge in [-0.05, 0) is 269 Å². The van der Waals surface area contributed by atoms with Crippen molar-refractivity contribution in [3.05, 3.63) is 485 Å². The van der Waals surface area contributed by atoms with Gasteiger partial charge in [0.05, 0.1) is 44.1 Å². The quantitative estimate of drug-likeness (QED) is 0.103. The monoisotopic (exact) mass is 1580 g/mol. The van der Waals surface area contributed by atoms with Gasteiger partial charge >= 0.3 is 0 Å². The van der Waals surface area contributed by atoms with E-state index in [2.05, 4.69) is 504 Å². The molecule has 0 bridgehead atoms. The standard InChI is InChI=1S/2C60H40N2/c1-5-15-41(16-6-1)43-25-27-44(28-26-43)48-35-49(46-31-34-58-55(39-46)53-23-13-14-24-57(53)61(58)51-19-9-3-10-20-51)37-50(36-48)47-29-32-54-56-38-45(42-17-7-2-8-18-42)30-33-59(56)62(60(54)40-47)52-21-11-4-12-22-52;1-4-15-41(16-5-1)43-27-31-52(32-28-43)61-58-26-13-11-24-54(58)56-39-46(30-34-59(56)61)49-36-48(45-20-14-19-44(35-45)42-17-6-2-7-18-42)37-50(38-49)47-29-33-55-53-23-10-12-25-57(53)62(60(55)40-47)51-21-8-3-9-22-51/h2*1-40H. The topological polar surface area (TPSA) is 19.7 Å². The molecule has 4 nitrogen and oxygen atoms in total. The van der Waals surface area contributed by atoms with Gasteiger partial charge in [0, 0.05) is 65.8 Å². The van der Waals surface area contributed by atoms with Crippen molar-refractivity contribution in [2.24, 2.45) is 0 Å². The summed E-state index contributed by atoms with van der Waals surface area (Å²) in [6.45, 7) is 0. The number of fused-ring (bicyclic) bond motifs is 12. The first-order chi connectivity index (χ1) is 61.5. The Hall–Kier alpha value is -16.4. The molecular formula is C120H80N4. The van der Waals surface area contributed by atoms with Crippen LogP contribution in [0.1, 0.15) is 0 Å². The Morgan fingerprint density at radius 1 is 0.0887 bits per heavy atom. The molecule has 24 aromatic rings. The molecule has 0 aliphatic carbocycles. The molecule has 0 aliphatic heterocycles. The van der Waals surface area contributed by atoms with E-state index in [-0.39, 0.29) is 0 Å². The normalized spacial score (nSPS) is 11.5. The van der Waals surface area contributed by atoms with Crippen LogP contribution in [0, 0.1) is 0 Å². The van der Waals surface area contributed by atoms with E-state index in [9.17, 15) is 0 Å². The number of rotatable bonds is 14. The van der Waals surface area contributed by atoms with Crippen LogP contribution in [0.4, 0.5) is 0 Å². The van der Waals surface area contributed by atoms with Crippen LogP contribution in [0.2, 0.25) is 0 Å². The maximum atomic E-state index is 2.42. The maximum absolute atomic E-state index is 2.42. The first kappa shape index (κ1) is 72.8. The van der Waals surface area contributed by atoms with Crippen molar-refractivity contribution in [2.45, 2.75) is 0 Å². The molecule has 4 heteroatoms. The molecule has 0 radical (unpaired) electrons. The highest BCUT2D eigenvalue weighted by atomic mass is 15.0. The SMILES string of the molecule is c1ccc(-c2ccc(-c3cc(-c4ccc5c(c4)c4ccccc4n5-c4ccccc4)cc(-c4ccc5c6cc(-c7ccccc7)ccc6n(-c6ccccc6)c5c4)c3)cc2)cc1.c1ccc(-c2ccc(-n3c4ccccc4c4cc(-c5cc(-c6cccc(-c7ccccc7)c6)cc(-c6ccc7c8ccccc8n(-c8ccccc8)c7c6)c5)ccc43)cc2)cc1. The molecule has 4 aromatic heterocycles. The number of hydrogen-bond donors (Lipinski definition) is 0. The molecule has 20 aromatic carbocycles. The molecule has 0 saturated carbocycles. The molecule has 0 aliphatic rings. The zero-order valence-electron chi connectivity index (χ0n) is 68.0. The fourth-order valence-corrected chi connectivity index (χ4v) is 19.0. The van der Waals surface area contributed by atoms with Crippen LogP contribution in [-0.4, -0.2) is 18.3 Å². The highest BCUT2D eigenvalue weighted by Crippen LogP contribution is 2.45. The summed E-state index contributed by atoms with van der Waals surface area (Å²) in [6.07, 6.45) is 0. The summed E-state index contributed by atoms with van der Waals surface area (Å²) in [4.78, 5) is 0. The third-order valence-corrected chi connectivity index (χ3v) is 25.0. The zero-order valence-corrected chi connectivity index (χ0v) is 68.0. The molecule has 0 saturated heterocycles. The Kier molecular flexibility index (Phi) is 18.2. The zero-order chi connectivity index (χ0) is 82.0. The van der Waals surface area contributed by atoms with Gasteiger partial charge in [-0.25, -0.2) is 0 Å². The van der Waals surface area contributed by atoms with Gasteiger partial charge in [-0.15, -0.1) is 0 Å². The number of aromatic nitrogens is 4. The van der Waals surface area contributed by atoms with Gasteiger partial charge in [0.2, 0.25) is 0 Å². The van der Waals surface area contributed by atoms with Gasteiger partial charge in [-0.3, -0.25) is 0 Å². The number of hydrogen-bond acceptors (Lipinski definition) is 0. The second-order valence-corrected chi connectivity index (χ2v) is 32.3. The fourth-order valence-electron chi connectivity index (χ4n) is 19.0. The van der Waals surface area contributed by atoms with Crippen molar-refractivity contribution in [3.63, 3.8) is 0 Å². The molecule has 0 N–H and O–H groups in total. The van der Waals surface area contributed by atoms with Crippen LogP contribution in [0.3, 0.4) is 0 Å². The first-order valence-corrected chi connectivity index (χ1v) is 42.7. The van der Waals surface area contributed by atoms with Gasteiger partial charge in [-0.1, -0.05) is 328 Å². The first-order valence-electron chi connectivity index (χ1n) is 42.7. The molecule has 0 fully saturated rings. The number of nitrogens with zero attached hydrogens (tertiary/aromatic N) is 4. The van der Waals surface area contributed by atoms with E-state index in [0.717, 1.165) is 22.7 Å². The lowest BCUT2D eigenvalue weighted by molar-refractivity contribution is 1.18. The van der Waals surface area contributed by atoms with Crippen molar-refractivity contribution in [1.82, 2.24) is 18.3 Å². The lowest BCUT2D eigenvalue weighted by Gasteiger charge is -2.14. The molecule has 580 valence electrons. The highest BCUT2D eigenvalue weighted by Gasteiger charge is 2.22. The molecule has 0 spiro atoms. The Balaban J connectivity index is 0.000000143. The predicted molar refractivity (Wildman–Crippen MR) is 525 cm³/mol. The second-order valence-electron chi connectivity index (χ2n) is 32.3. The van der Waals surface area contributed by atoms with Crippen molar-refractivity contribution in [1.29, 1.82) is 0 Å². The second kappa shape index (κ2) is 31.1. The van der Waals surface area contributed by atoms with E-state index in [0.29, 0.717) is 0 Å². The van der Waals surface area contributed by atoms with Crippen LogP contribution in [-0.2, 0) is 0 Å². The van der Waals surface area contributed by atoms with Gasteiger partial charge < -0.3 is 18.3 Å². The number of para-hydroxylation sites is 6. The van der Waals surface area contributed by atoms with Crippen LogP contribution in [0.25, 0.3) is 221 Å². The average molecular weight is 1580 g/mol. The maximum Gasteiger partial charge on any atom is 0.0547 e. The van der Waals surface area contributed by atoms with E-state index in [1.807, 2.05) is 0 Å². The number of benzene rings is 20. The van der Waals surface area contributed by atoms with Gasteiger partial charge in [0.25, 0.3) is 0 Å². The molecular weight excluding hydrogens is 1500 g/mol.